The van der Waals surface area contributed by atoms with Gasteiger partial charge in [0.25, 0.3) is 5.91 Å². The number of aromatic amines is 1. The third-order valence-electron chi connectivity index (χ3n) is 2.13. The molecule has 18 heavy (non-hydrogen) atoms. The molecule has 7 heteroatoms. The van der Waals surface area contributed by atoms with E-state index in [1.54, 1.807) is 18.2 Å². The number of rotatable bonds is 3. The molecule has 0 spiro atoms. The van der Waals surface area contributed by atoms with Gasteiger partial charge in [-0.2, -0.15) is 10.2 Å². The van der Waals surface area contributed by atoms with Crippen LogP contribution in [0, 0.1) is 0 Å². The fraction of sp³-hybridized carbons (Fsp3) is 0. The Hall–Kier alpha value is -2.15. The van der Waals surface area contributed by atoms with Gasteiger partial charge in [0.1, 0.15) is 11.4 Å². The molecule has 0 radical (unpaired) electrons. The van der Waals surface area contributed by atoms with E-state index in [1.807, 2.05) is 0 Å². The van der Waals surface area contributed by atoms with Crippen molar-refractivity contribution in [2.24, 2.45) is 5.10 Å². The molecule has 0 aliphatic heterocycles. The maximum absolute atomic E-state index is 11.6. The molecule has 0 fully saturated rings. The van der Waals surface area contributed by atoms with Gasteiger partial charge in [0, 0.05) is 5.56 Å². The van der Waals surface area contributed by atoms with Crippen LogP contribution >= 0.6 is 15.9 Å². The number of nitrogens with one attached hydrogen (secondary N) is 2. The van der Waals surface area contributed by atoms with Crippen LogP contribution < -0.4 is 5.43 Å². The molecular formula is C11H9BrN4O2. The number of halogens is 1. The summed E-state index contributed by atoms with van der Waals surface area (Å²) < 4.78 is 0.553. The first-order chi connectivity index (χ1) is 8.68. The standard InChI is InChI=1S/C11H9BrN4O2/c12-8-6-14-15-10(8)11(18)16-13-5-7-3-1-2-4-9(7)17/h1-6,17H,(H,14,15)(H,16,18). The summed E-state index contributed by atoms with van der Waals surface area (Å²) in [7, 11) is 0. The normalized spacial score (nSPS) is 10.7. The molecule has 6 nitrogen and oxygen atoms in total. The van der Waals surface area contributed by atoms with Crippen molar-refractivity contribution in [3.63, 3.8) is 0 Å². The van der Waals surface area contributed by atoms with Crippen LogP contribution in [0.25, 0.3) is 0 Å². The van der Waals surface area contributed by atoms with Gasteiger partial charge in [0.15, 0.2) is 0 Å². The van der Waals surface area contributed by atoms with Crippen molar-refractivity contribution in [2.75, 3.05) is 0 Å². The van der Waals surface area contributed by atoms with Gasteiger partial charge < -0.3 is 5.11 Å². The first kappa shape index (κ1) is 12.3. The van der Waals surface area contributed by atoms with E-state index >= 15 is 0 Å². The van der Waals surface area contributed by atoms with E-state index in [9.17, 15) is 9.90 Å². The Morgan fingerprint density at radius 1 is 1.50 bits per heavy atom. The summed E-state index contributed by atoms with van der Waals surface area (Å²) in [6, 6.07) is 6.67. The summed E-state index contributed by atoms with van der Waals surface area (Å²) in [5, 5.41) is 19.5. The van der Waals surface area contributed by atoms with Crippen molar-refractivity contribution in [3.8, 4) is 5.75 Å². The fourth-order valence-corrected chi connectivity index (χ4v) is 1.61. The molecule has 1 aromatic carbocycles. The molecule has 0 bridgehead atoms. The number of hydrazone groups is 1. The summed E-state index contributed by atoms with van der Waals surface area (Å²) in [5.41, 5.74) is 3.12. The smallest absolute Gasteiger partial charge is 0.290 e. The zero-order valence-corrected chi connectivity index (χ0v) is 10.7. The van der Waals surface area contributed by atoms with Gasteiger partial charge in [-0.05, 0) is 28.1 Å². The number of aromatic hydroxyl groups is 1. The SMILES string of the molecule is O=C(NN=Cc1ccccc1O)c1[nH]ncc1Br. The monoisotopic (exact) mass is 308 g/mol. The topological polar surface area (TPSA) is 90.4 Å². The molecule has 0 unspecified atom stereocenters. The average molecular weight is 309 g/mol. The largest absolute Gasteiger partial charge is 0.507 e. The van der Waals surface area contributed by atoms with Crippen molar-refractivity contribution in [1.82, 2.24) is 15.6 Å². The van der Waals surface area contributed by atoms with Crippen LogP contribution in [0.4, 0.5) is 0 Å². The zero-order valence-electron chi connectivity index (χ0n) is 9.09. The van der Waals surface area contributed by atoms with Crippen molar-refractivity contribution >= 4 is 28.1 Å². The number of para-hydroxylation sites is 1. The highest BCUT2D eigenvalue weighted by Gasteiger charge is 2.10. The number of hydrogen-bond acceptors (Lipinski definition) is 4. The second-order valence-corrected chi connectivity index (χ2v) is 4.21. The van der Waals surface area contributed by atoms with Crippen LogP contribution in [-0.4, -0.2) is 27.4 Å². The first-order valence-corrected chi connectivity index (χ1v) is 5.78. The number of nitrogens with zero attached hydrogens (tertiary/aromatic N) is 2. The van der Waals surface area contributed by atoms with Crippen LogP contribution in [-0.2, 0) is 0 Å². The summed E-state index contributed by atoms with van der Waals surface area (Å²) >= 11 is 3.17. The van der Waals surface area contributed by atoms with Crippen LogP contribution in [0.3, 0.4) is 0 Å². The summed E-state index contributed by atoms with van der Waals surface area (Å²) in [6.07, 6.45) is 2.83. The Bertz CT molecular complexity index is 594. The molecule has 0 saturated carbocycles. The Labute approximate surface area is 111 Å². The molecule has 3 N–H and O–H groups in total. The van der Waals surface area contributed by atoms with Crippen LogP contribution in [0.5, 0.6) is 5.75 Å². The quantitative estimate of drug-likeness (QED) is 0.595. The summed E-state index contributed by atoms with van der Waals surface area (Å²) in [4.78, 5) is 11.6. The molecular weight excluding hydrogens is 300 g/mol. The lowest BCUT2D eigenvalue weighted by atomic mass is 10.2. The maximum Gasteiger partial charge on any atom is 0.290 e. The zero-order chi connectivity index (χ0) is 13.0. The average Bonchev–Trinajstić information content (AvgIpc) is 2.78. The van der Waals surface area contributed by atoms with E-state index in [1.165, 1.54) is 18.5 Å². The molecule has 0 atom stereocenters. The van der Waals surface area contributed by atoms with Crippen LogP contribution in [0.15, 0.2) is 40.0 Å². The first-order valence-electron chi connectivity index (χ1n) is 4.99. The third kappa shape index (κ3) is 2.75. The number of hydrogen-bond donors (Lipinski definition) is 3. The highest BCUT2D eigenvalue weighted by atomic mass is 79.9. The number of carbonyl (C=O) groups excluding carboxylic acids is 1. The number of aromatic nitrogens is 2. The van der Waals surface area contributed by atoms with E-state index in [2.05, 4.69) is 36.7 Å². The third-order valence-corrected chi connectivity index (χ3v) is 2.73. The Morgan fingerprint density at radius 2 is 2.28 bits per heavy atom. The summed E-state index contributed by atoms with van der Waals surface area (Å²) in [5.74, 6) is -0.329. The fourth-order valence-electron chi connectivity index (χ4n) is 1.24. The number of amides is 1. The number of carbonyl (C=O) groups is 1. The molecule has 1 heterocycles. The molecule has 0 saturated heterocycles. The van der Waals surface area contributed by atoms with Gasteiger partial charge in [-0.1, -0.05) is 12.1 Å². The molecule has 0 aliphatic carbocycles. The second-order valence-electron chi connectivity index (χ2n) is 3.35. The Kier molecular flexibility index (Phi) is 3.73. The van der Waals surface area contributed by atoms with Gasteiger partial charge in [-0.25, -0.2) is 5.43 Å². The van der Waals surface area contributed by atoms with E-state index in [-0.39, 0.29) is 11.4 Å². The number of benzene rings is 1. The highest BCUT2D eigenvalue weighted by Crippen LogP contribution is 2.13. The van der Waals surface area contributed by atoms with E-state index in [0.717, 1.165) is 0 Å². The van der Waals surface area contributed by atoms with Crippen molar-refractivity contribution in [1.29, 1.82) is 0 Å². The minimum Gasteiger partial charge on any atom is -0.507 e. The van der Waals surface area contributed by atoms with Gasteiger partial charge in [0.05, 0.1) is 16.9 Å². The van der Waals surface area contributed by atoms with Gasteiger partial charge in [-0.15, -0.1) is 0 Å². The van der Waals surface area contributed by atoms with Crippen molar-refractivity contribution < 1.29 is 9.90 Å². The van der Waals surface area contributed by atoms with Gasteiger partial charge in [-0.3, -0.25) is 9.89 Å². The molecule has 2 rings (SSSR count). The van der Waals surface area contributed by atoms with Gasteiger partial charge >= 0.3 is 0 Å². The molecule has 92 valence electrons. The van der Waals surface area contributed by atoms with E-state index < -0.39 is 5.91 Å². The van der Waals surface area contributed by atoms with Crippen LogP contribution in [0.2, 0.25) is 0 Å². The van der Waals surface area contributed by atoms with Crippen LogP contribution in [0.1, 0.15) is 16.1 Å². The predicted molar refractivity (Wildman–Crippen MR) is 69.5 cm³/mol. The number of phenols is 1. The lowest BCUT2D eigenvalue weighted by Crippen LogP contribution is -2.18. The molecule has 1 aromatic heterocycles. The molecule has 2 aromatic rings. The van der Waals surface area contributed by atoms with Crippen molar-refractivity contribution in [2.45, 2.75) is 0 Å². The van der Waals surface area contributed by atoms with Crippen molar-refractivity contribution in [3.05, 3.63) is 46.2 Å². The number of H-pyrrole nitrogens is 1. The minimum atomic E-state index is -0.425. The maximum atomic E-state index is 11.6. The minimum absolute atomic E-state index is 0.0956. The Balaban J connectivity index is 2.03. The van der Waals surface area contributed by atoms with E-state index in [4.69, 9.17) is 0 Å². The number of phenolic OH excluding ortho intramolecular Hbond substituents is 1. The second kappa shape index (κ2) is 5.46. The lowest BCUT2D eigenvalue weighted by molar-refractivity contribution is 0.0949. The predicted octanol–water partition coefficient (Wildman–Crippen LogP) is 1.64. The van der Waals surface area contributed by atoms with E-state index in [0.29, 0.717) is 10.0 Å². The molecule has 1 amide bonds. The summed E-state index contributed by atoms with van der Waals surface area (Å²) in [6.45, 7) is 0. The highest BCUT2D eigenvalue weighted by molar-refractivity contribution is 9.10. The Morgan fingerprint density at radius 3 is 2.94 bits per heavy atom. The lowest BCUT2D eigenvalue weighted by Gasteiger charge is -1.98. The van der Waals surface area contributed by atoms with Gasteiger partial charge in [0.2, 0.25) is 0 Å². The molecule has 0 aliphatic rings.